The summed E-state index contributed by atoms with van der Waals surface area (Å²) >= 11 is 0. The predicted octanol–water partition coefficient (Wildman–Crippen LogP) is 1.22. The molecule has 1 fully saturated rings. The minimum atomic E-state index is -1.51. The molecule has 0 unspecified atom stereocenters. The van der Waals surface area contributed by atoms with E-state index in [4.69, 9.17) is 9.47 Å². The first-order valence-electron chi connectivity index (χ1n) is 11.0. The van der Waals surface area contributed by atoms with Crippen molar-refractivity contribution >= 4 is 11.6 Å². The molecule has 0 aromatic carbocycles. The molecule has 0 aromatic rings. The minimum absolute atomic E-state index is 0.0198. The van der Waals surface area contributed by atoms with Crippen molar-refractivity contribution in [2.45, 2.75) is 77.7 Å². The summed E-state index contributed by atoms with van der Waals surface area (Å²) in [4.78, 5) is 23.3. The van der Waals surface area contributed by atoms with Gasteiger partial charge in [-0.1, -0.05) is 37.6 Å². The summed E-state index contributed by atoms with van der Waals surface area (Å²) in [6, 6.07) is 0. The number of ketones is 2. The lowest BCUT2D eigenvalue weighted by molar-refractivity contribution is -0.298. The Morgan fingerprint density at radius 3 is 2.53 bits per heavy atom. The van der Waals surface area contributed by atoms with Crippen molar-refractivity contribution < 1.29 is 39.5 Å². The van der Waals surface area contributed by atoms with E-state index in [1.54, 1.807) is 6.08 Å². The van der Waals surface area contributed by atoms with Gasteiger partial charge in [0.2, 0.25) is 0 Å². The van der Waals surface area contributed by atoms with E-state index in [2.05, 4.69) is 0 Å². The van der Waals surface area contributed by atoms with E-state index in [1.165, 1.54) is 6.92 Å². The molecule has 4 N–H and O–H groups in total. The maximum Gasteiger partial charge on any atom is 0.187 e. The smallest absolute Gasteiger partial charge is 0.187 e. The lowest BCUT2D eigenvalue weighted by Gasteiger charge is -2.39. The summed E-state index contributed by atoms with van der Waals surface area (Å²) in [6.45, 7) is 7.01. The van der Waals surface area contributed by atoms with Gasteiger partial charge in [-0.3, -0.25) is 4.79 Å². The van der Waals surface area contributed by atoms with Crippen molar-refractivity contribution in [3.05, 3.63) is 35.5 Å². The third-order valence-corrected chi connectivity index (χ3v) is 6.02. The average molecular weight is 453 g/mol. The molecule has 32 heavy (non-hydrogen) atoms. The number of hydrogen-bond acceptors (Lipinski definition) is 8. The molecule has 0 amide bonds. The maximum absolute atomic E-state index is 11.9. The molecule has 8 heteroatoms. The zero-order valence-corrected chi connectivity index (χ0v) is 19.2. The largest absolute Gasteiger partial charge is 0.394 e. The Labute approximate surface area is 189 Å². The summed E-state index contributed by atoms with van der Waals surface area (Å²) in [5.41, 5.74) is 1.47. The first-order valence-corrected chi connectivity index (χ1v) is 11.0. The number of aliphatic hydroxyl groups is 4. The van der Waals surface area contributed by atoms with E-state index in [9.17, 15) is 30.0 Å². The predicted molar refractivity (Wildman–Crippen MR) is 118 cm³/mol. The lowest BCUT2D eigenvalue weighted by atomic mass is 9.68. The minimum Gasteiger partial charge on any atom is -0.394 e. The van der Waals surface area contributed by atoms with Crippen molar-refractivity contribution in [3.8, 4) is 0 Å². The molecule has 6 atom stereocenters. The van der Waals surface area contributed by atoms with E-state index in [0.29, 0.717) is 19.3 Å². The molecule has 1 aliphatic carbocycles. The number of carbonyl (C=O) groups excluding carboxylic acids is 2. The highest BCUT2D eigenvalue weighted by molar-refractivity contribution is 5.92. The molecule has 0 spiro atoms. The zero-order valence-electron chi connectivity index (χ0n) is 19.2. The molecule has 2 rings (SSSR count). The van der Waals surface area contributed by atoms with Crippen LogP contribution in [0.25, 0.3) is 0 Å². The highest BCUT2D eigenvalue weighted by Crippen LogP contribution is 2.40. The summed E-state index contributed by atoms with van der Waals surface area (Å²) in [6.07, 6.45) is 2.02. The molecular formula is C24H36O8. The summed E-state index contributed by atoms with van der Waals surface area (Å²) in [7, 11) is 0. The highest BCUT2D eigenvalue weighted by atomic mass is 16.7. The molecule has 0 saturated carbocycles. The van der Waals surface area contributed by atoms with Crippen LogP contribution in [-0.2, 0) is 19.1 Å². The van der Waals surface area contributed by atoms with Crippen LogP contribution in [0.2, 0.25) is 0 Å². The lowest BCUT2D eigenvalue weighted by Crippen LogP contribution is -2.59. The topological polar surface area (TPSA) is 134 Å². The van der Waals surface area contributed by atoms with Gasteiger partial charge in [0, 0.05) is 18.8 Å². The molecule has 1 heterocycles. The fraction of sp³-hybridized carbons (Fsp3) is 0.667. The van der Waals surface area contributed by atoms with Crippen molar-refractivity contribution in [1.29, 1.82) is 0 Å². The fourth-order valence-corrected chi connectivity index (χ4v) is 4.22. The van der Waals surface area contributed by atoms with Gasteiger partial charge in [-0.05, 0) is 37.3 Å². The van der Waals surface area contributed by atoms with Gasteiger partial charge in [0.05, 0.1) is 13.2 Å². The molecule has 180 valence electrons. The van der Waals surface area contributed by atoms with Crippen LogP contribution < -0.4 is 0 Å². The summed E-state index contributed by atoms with van der Waals surface area (Å²) in [5, 5.41) is 39.4. The van der Waals surface area contributed by atoms with E-state index in [-0.39, 0.29) is 29.5 Å². The molecule has 0 aromatic heterocycles. The SMILES string of the molecule is CC(=O)CC/C=C(/C=C/[C@H]1C(C)=CC(=O)CC1(C)C)CO[C@@H]1O[C@H](CO)[C@@H](O)[C@H](O)[C@H]1O. The van der Waals surface area contributed by atoms with Crippen LogP contribution in [0.5, 0.6) is 0 Å². The number of Topliss-reactive ketones (excluding diaryl/α,β-unsaturated/α-hetero) is 1. The number of ether oxygens (including phenoxy) is 2. The Hall–Kier alpha value is -1.68. The number of hydrogen-bond donors (Lipinski definition) is 4. The molecule has 0 bridgehead atoms. The first kappa shape index (κ1) is 26.6. The quantitative estimate of drug-likeness (QED) is 0.384. The van der Waals surface area contributed by atoms with Gasteiger partial charge in [-0.2, -0.15) is 0 Å². The molecular weight excluding hydrogens is 416 g/mol. The van der Waals surface area contributed by atoms with Gasteiger partial charge >= 0.3 is 0 Å². The zero-order chi connectivity index (χ0) is 24.1. The fourth-order valence-electron chi connectivity index (χ4n) is 4.22. The summed E-state index contributed by atoms with van der Waals surface area (Å²) in [5.74, 6) is 0.217. The Bertz CT molecular complexity index is 764. The second-order valence-electron chi connectivity index (χ2n) is 9.38. The van der Waals surface area contributed by atoms with Gasteiger partial charge in [0.15, 0.2) is 12.1 Å². The Balaban J connectivity index is 2.15. The normalized spacial score (nSPS) is 33.4. The van der Waals surface area contributed by atoms with Crippen LogP contribution in [0, 0.1) is 11.3 Å². The van der Waals surface area contributed by atoms with E-state index in [0.717, 1.165) is 11.1 Å². The van der Waals surface area contributed by atoms with Crippen molar-refractivity contribution in [2.75, 3.05) is 13.2 Å². The molecule has 0 radical (unpaired) electrons. The molecule has 1 aliphatic heterocycles. The second kappa shape index (κ2) is 11.4. The third-order valence-electron chi connectivity index (χ3n) is 6.02. The van der Waals surface area contributed by atoms with Gasteiger partial charge in [0.1, 0.15) is 30.2 Å². The monoisotopic (exact) mass is 452 g/mol. The average Bonchev–Trinajstić information content (AvgIpc) is 2.69. The second-order valence-corrected chi connectivity index (χ2v) is 9.38. The van der Waals surface area contributed by atoms with Crippen LogP contribution in [0.1, 0.15) is 47.0 Å². The van der Waals surface area contributed by atoms with Gasteiger partial charge in [-0.15, -0.1) is 0 Å². The Kier molecular flexibility index (Phi) is 9.51. The maximum atomic E-state index is 11.9. The molecule has 1 saturated heterocycles. The Morgan fingerprint density at radius 1 is 1.25 bits per heavy atom. The van der Waals surface area contributed by atoms with E-state index >= 15 is 0 Å². The van der Waals surface area contributed by atoms with Crippen LogP contribution in [0.3, 0.4) is 0 Å². The number of aliphatic hydroxyl groups excluding tert-OH is 4. The standard InChI is InChI=1S/C24H36O8/c1-14-10-17(27)11-24(3,4)18(14)9-8-16(7-5-6-15(2)26)13-31-23-22(30)21(29)20(28)19(12-25)32-23/h7-10,18-23,25,28-30H,5-6,11-13H2,1-4H3/b9-8+,16-7-/t18-,19+,20+,21-,22+,23+/m0/s1. The number of carbonyl (C=O) groups is 2. The van der Waals surface area contributed by atoms with Gasteiger partial charge in [0.25, 0.3) is 0 Å². The van der Waals surface area contributed by atoms with Crippen LogP contribution >= 0.6 is 0 Å². The highest BCUT2D eigenvalue weighted by Gasteiger charge is 2.44. The summed E-state index contributed by atoms with van der Waals surface area (Å²) < 4.78 is 11.1. The van der Waals surface area contributed by atoms with E-state index < -0.39 is 37.3 Å². The van der Waals surface area contributed by atoms with Crippen molar-refractivity contribution in [3.63, 3.8) is 0 Å². The van der Waals surface area contributed by atoms with Crippen molar-refractivity contribution in [2.24, 2.45) is 11.3 Å². The Morgan fingerprint density at radius 2 is 1.94 bits per heavy atom. The molecule has 8 nitrogen and oxygen atoms in total. The van der Waals surface area contributed by atoms with Gasteiger partial charge < -0.3 is 34.7 Å². The van der Waals surface area contributed by atoms with Crippen molar-refractivity contribution in [1.82, 2.24) is 0 Å². The third kappa shape index (κ3) is 6.91. The van der Waals surface area contributed by atoms with Crippen LogP contribution in [0.15, 0.2) is 35.5 Å². The first-order chi connectivity index (χ1) is 15.0. The number of rotatable bonds is 9. The van der Waals surface area contributed by atoms with E-state index in [1.807, 2.05) is 39.0 Å². The van der Waals surface area contributed by atoms with Gasteiger partial charge in [-0.25, -0.2) is 0 Å². The number of allylic oxidation sites excluding steroid dienone is 4. The van der Waals surface area contributed by atoms with Crippen LogP contribution in [0.4, 0.5) is 0 Å². The molecule has 2 aliphatic rings. The van der Waals surface area contributed by atoms with Crippen LogP contribution in [-0.4, -0.2) is 75.9 Å².